The molecule has 2 unspecified atom stereocenters. The molecule has 8 nitrogen and oxygen atoms in total. The van der Waals surface area contributed by atoms with Gasteiger partial charge in [-0.1, -0.05) is 0 Å². The minimum Gasteiger partial charge on any atom is -0.481 e. The number of nitrogens with zero attached hydrogens (tertiary/aromatic N) is 1. The quantitative estimate of drug-likeness (QED) is 0.789. The van der Waals surface area contributed by atoms with Crippen LogP contribution in [-0.2, 0) is 14.3 Å². The van der Waals surface area contributed by atoms with Gasteiger partial charge in [0.15, 0.2) is 0 Å². The molecule has 2 amide bonds. The lowest BCUT2D eigenvalue weighted by Crippen LogP contribution is -2.44. The Morgan fingerprint density at radius 3 is 2.04 bits per heavy atom. The van der Waals surface area contributed by atoms with Gasteiger partial charge in [0.2, 0.25) is 0 Å². The molecule has 0 aromatic carbocycles. The zero-order chi connectivity index (χ0) is 20.1. The Bertz CT molecular complexity index is 521. The maximum absolute atomic E-state index is 12.3. The fourth-order valence-electron chi connectivity index (χ4n) is 2.79. The number of rotatable bonds is 3. The molecule has 0 aromatic heterocycles. The van der Waals surface area contributed by atoms with Crippen LogP contribution in [0, 0.1) is 5.92 Å². The summed E-state index contributed by atoms with van der Waals surface area (Å²) >= 11 is 0. The number of hydrogen-bond donors (Lipinski definition) is 2. The third kappa shape index (κ3) is 8.40. The lowest BCUT2D eigenvalue weighted by molar-refractivity contribution is -0.138. The van der Waals surface area contributed by atoms with Gasteiger partial charge in [-0.3, -0.25) is 4.79 Å². The molecule has 1 heterocycles. The number of likely N-dealkylation sites (tertiary alicyclic amines) is 1. The van der Waals surface area contributed by atoms with Gasteiger partial charge in [0.05, 0.1) is 6.42 Å². The summed E-state index contributed by atoms with van der Waals surface area (Å²) in [4.78, 5) is 37.1. The summed E-state index contributed by atoms with van der Waals surface area (Å²) in [6, 6.07) is -0.381. The van der Waals surface area contributed by atoms with E-state index < -0.39 is 29.4 Å². The van der Waals surface area contributed by atoms with E-state index in [1.54, 1.807) is 46.4 Å². The monoisotopic (exact) mass is 372 g/mol. The summed E-state index contributed by atoms with van der Waals surface area (Å²) in [7, 11) is 0. The highest BCUT2D eigenvalue weighted by molar-refractivity contribution is 5.70. The van der Waals surface area contributed by atoms with E-state index in [1.807, 2.05) is 0 Å². The maximum Gasteiger partial charge on any atom is 0.410 e. The van der Waals surface area contributed by atoms with Crippen LogP contribution < -0.4 is 5.32 Å². The molecule has 2 atom stereocenters. The molecule has 0 saturated carbocycles. The molecule has 0 spiro atoms. The Hall–Kier alpha value is -1.99. The van der Waals surface area contributed by atoms with Crippen LogP contribution in [0.15, 0.2) is 0 Å². The smallest absolute Gasteiger partial charge is 0.410 e. The van der Waals surface area contributed by atoms with Crippen LogP contribution in [0.5, 0.6) is 0 Å². The van der Waals surface area contributed by atoms with E-state index in [4.69, 9.17) is 9.47 Å². The molecular weight excluding hydrogens is 340 g/mol. The molecule has 1 aliphatic heterocycles. The number of ether oxygens (including phenoxy) is 2. The van der Waals surface area contributed by atoms with Gasteiger partial charge < -0.3 is 24.8 Å². The topological polar surface area (TPSA) is 105 Å². The van der Waals surface area contributed by atoms with E-state index in [0.29, 0.717) is 25.9 Å². The zero-order valence-corrected chi connectivity index (χ0v) is 16.6. The first-order chi connectivity index (χ1) is 11.8. The number of alkyl carbamates (subject to hydrolysis) is 1. The van der Waals surface area contributed by atoms with Crippen LogP contribution in [0.2, 0.25) is 0 Å². The number of nitrogens with one attached hydrogen (secondary N) is 1. The Morgan fingerprint density at radius 2 is 1.54 bits per heavy atom. The van der Waals surface area contributed by atoms with Gasteiger partial charge in [0.1, 0.15) is 11.2 Å². The number of carboxylic acids is 1. The first kappa shape index (κ1) is 22.1. The Kier molecular flexibility index (Phi) is 7.29. The van der Waals surface area contributed by atoms with Crippen molar-refractivity contribution in [3.8, 4) is 0 Å². The first-order valence-electron chi connectivity index (χ1n) is 8.96. The lowest BCUT2D eigenvalue weighted by atomic mass is 9.92. The number of hydrogen-bond acceptors (Lipinski definition) is 5. The van der Waals surface area contributed by atoms with Gasteiger partial charge in [-0.25, -0.2) is 9.59 Å². The minimum atomic E-state index is -0.934. The van der Waals surface area contributed by atoms with Crippen molar-refractivity contribution >= 4 is 18.2 Å². The summed E-state index contributed by atoms with van der Waals surface area (Å²) in [6.07, 6.45) is -0.182. The molecule has 1 fully saturated rings. The molecule has 0 radical (unpaired) electrons. The van der Waals surface area contributed by atoms with Crippen molar-refractivity contribution < 1.29 is 29.0 Å². The molecular formula is C18H32N2O6. The molecule has 1 aliphatic rings. The molecule has 150 valence electrons. The number of amides is 2. The van der Waals surface area contributed by atoms with Crippen molar-refractivity contribution in [3.63, 3.8) is 0 Å². The highest BCUT2D eigenvalue weighted by atomic mass is 16.6. The molecule has 2 N–H and O–H groups in total. The molecule has 26 heavy (non-hydrogen) atoms. The van der Waals surface area contributed by atoms with Crippen molar-refractivity contribution in [1.29, 1.82) is 0 Å². The van der Waals surface area contributed by atoms with E-state index in [1.165, 1.54) is 0 Å². The predicted octanol–water partition coefficient (Wildman–Crippen LogP) is 3.00. The Labute approximate surface area is 155 Å². The summed E-state index contributed by atoms with van der Waals surface area (Å²) in [5.74, 6) is -1.22. The van der Waals surface area contributed by atoms with Gasteiger partial charge in [0, 0.05) is 19.1 Å². The minimum absolute atomic E-state index is 0.0807. The van der Waals surface area contributed by atoms with Gasteiger partial charge in [-0.15, -0.1) is 0 Å². The highest BCUT2D eigenvalue weighted by Gasteiger charge is 2.33. The molecule has 1 saturated heterocycles. The van der Waals surface area contributed by atoms with Crippen LogP contribution in [0.3, 0.4) is 0 Å². The second-order valence-corrected chi connectivity index (χ2v) is 8.66. The van der Waals surface area contributed by atoms with Crippen molar-refractivity contribution in [1.82, 2.24) is 10.2 Å². The third-order valence-corrected chi connectivity index (χ3v) is 3.84. The van der Waals surface area contributed by atoms with Crippen LogP contribution in [0.4, 0.5) is 9.59 Å². The zero-order valence-electron chi connectivity index (χ0n) is 16.6. The van der Waals surface area contributed by atoms with Gasteiger partial charge in [0.25, 0.3) is 0 Å². The average molecular weight is 372 g/mol. The molecule has 0 bridgehead atoms. The van der Waals surface area contributed by atoms with E-state index in [9.17, 15) is 19.5 Å². The maximum atomic E-state index is 12.3. The van der Waals surface area contributed by atoms with Crippen LogP contribution in [0.25, 0.3) is 0 Å². The van der Waals surface area contributed by atoms with Gasteiger partial charge in [-0.05, 0) is 60.3 Å². The molecule has 0 aromatic rings. The summed E-state index contributed by atoms with van der Waals surface area (Å²) in [6.45, 7) is 11.4. The molecule has 8 heteroatoms. The third-order valence-electron chi connectivity index (χ3n) is 3.84. The Morgan fingerprint density at radius 1 is 1.00 bits per heavy atom. The number of aliphatic carboxylic acids is 1. The van der Waals surface area contributed by atoms with Crippen LogP contribution >= 0.6 is 0 Å². The highest BCUT2D eigenvalue weighted by Crippen LogP contribution is 2.23. The Balaban J connectivity index is 2.79. The van der Waals surface area contributed by atoms with E-state index in [-0.39, 0.29) is 18.4 Å². The van der Waals surface area contributed by atoms with E-state index in [2.05, 4.69) is 5.32 Å². The SMILES string of the molecule is CC(C)(C)OC(=O)NC1CCN(C(=O)OC(C)(C)C)CCC1CC(=O)O. The lowest BCUT2D eigenvalue weighted by Gasteiger charge is -2.27. The summed E-state index contributed by atoms with van der Waals surface area (Å²) < 4.78 is 10.7. The van der Waals surface area contributed by atoms with Crippen molar-refractivity contribution in [2.75, 3.05) is 13.1 Å². The molecule has 0 aliphatic carbocycles. The van der Waals surface area contributed by atoms with Crippen molar-refractivity contribution in [2.24, 2.45) is 5.92 Å². The summed E-state index contributed by atoms with van der Waals surface area (Å²) in [5, 5.41) is 11.9. The second kappa shape index (κ2) is 8.60. The summed E-state index contributed by atoms with van der Waals surface area (Å²) in [5.41, 5.74) is -1.24. The first-order valence-corrected chi connectivity index (χ1v) is 8.96. The van der Waals surface area contributed by atoms with Crippen molar-refractivity contribution in [3.05, 3.63) is 0 Å². The number of carbonyl (C=O) groups excluding carboxylic acids is 2. The average Bonchev–Trinajstić information content (AvgIpc) is 2.57. The van der Waals surface area contributed by atoms with Crippen molar-refractivity contribution in [2.45, 2.75) is 78.0 Å². The number of carboxylic acid groups (broad SMARTS) is 1. The largest absolute Gasteiger partial charge is 0.481 e. The van der Waals surface area contributed by atoms with E-state index >= 15 is 0 Å². The number of carbonyl (C=O) groups is 3. The van der Waals surface area contributed by atoms with E-state index in [0.717, 1.165) is 0 Å². The van der Waals surface area contributed by atoms with Gasteiger partial charge >= 0.3 is 18.2 Å². The second-order valence-electron chi connectivity index (χ2n) is 8.66. The standard InChI is InChI=1S/C18H32N2O6/c1-17(2,3)25-15(23)19-13-8-10-20(16(24)26-18(4,5)6)9-7-12(13)11-14(21)22/h12-13H,7-11H2,1-6H3,(H,19,23)(H,21,22). The molecule has 1 rings (SSSR count). The van der Waals surface area contributed by atoms with Crippen LogP contribution in [-0.4, -0.2) is 58.5 Å². The van der Waals surface area contributed by atoms with Crippen LogP contribution in [0.1, 0.15) is 60.8 Å². The normalized spacial score (nSPS) is 21.5. The predicted molar refractivity (Wildman–Crippen MR) is 95.9 cm³/mol. The van der Waals surface area contributed by atoms with Gasteiger partial charge in [-0.2, -0.15) is 0 Å². The fraction of sp³-hybridized carbons (Fsp3) is 0.833. The fourth-order valence-corrected chi connectivity index (χ4v) is 2.79.